The van der Waals surface area contributed by atoms with Crippen LogP contribution in [0.15, 0.2) is 0 Å². The molecule has 2 fully saturated rings. The third-order valence-corrected chi connectivity index (χ3v) is 4.52. The topological polar surface area (TPSA) is 18.5 Å². The number of piperidine rings is 1. The molecule has 0 aliphatic carbocycles. The van der Waals surface area contributed by atoms with Crippen LogP contribution in [0.3, 0.4) is 0 Å². The lowest BCUT2D eigenvalue weighted by molar-refractivity contribution is 0.0787. The van der Waals surface area contributed by atoms with E-state index in [-0.39, 0.29) is 0 Å². The van der Waals surface area contributed by atoms with Crippen molar-refractivity contribution in [2.75, 3.05) is 39.8 Å². The van der Waals surface area contributed by atoms with E-state index in [9.17, 15) is 0 Å². The molecule has 0 spiro atoms. The predicted molar refractivity (Wildman–Crippen MR) is 78.0 cm³/mol. The molecule has 2 saturated heterocycles. The van der Waals surface area contributed by atoms with Crippen molar-refractivity contribution in [2.24, 2.45) is 5.92 Å². The van der Waals surface area contributed by atoms with Gasteiger partial charge in [0.05, 0.1) is 0 Å². The normalized spacial score (nSPS) is 29.7. The van der Waals surface area contributed by atoms with Crippen molar-refractivity contribution in [1.82, 2.24) is 15.1 Å². The molecule has 18 heavy (non-hydrogen) atoms. The third-order valence-electron chi connectivity index (χ3n) is 4.52. The molecule has 2 rings (SSSR count). The van der Waals surface area contributed by atoms with Gasteiger partial charge in [0.1, 0.15) is 0 Å². The average Bonchev–Trinajstić information content (AvgIpc) is 2.55. The summed E-state index contributed by atoms with van der Waals surface area (Å²) in [6.07, 6.45) is 5.40. The summed E-state index contributed by atoms with van der Waals surface area (Å²) in [6, 6.07) is 1.60. The van der Waals surface area contributed by atoms with Crippen LogP contribution in [-0.4, -0.2) is 61.7 Å². The van der Waals surface area contributed by atoms with Crippen LogP contribution in [0.25, 0.3) is 0 Å². The van der Waals surface area contributed by atoms with Gasteiger partial charge < -0.3 is 10.2 Å². The molecule has 0 saturated carbocycles. The van der Waals surface area contributed by atoms with Crippen molar-refractivity contribution in [3.05, 3.63) is 0 Å². The average molecular weight is 253 g/mol. The lowest BCUT2D eigenvalue weighted by Crippen LogP contribution is -2.50. The fourth-order valence-corrected chi connectivity index (χ4v) is 3.53. The largest absolute Gasteiger partial charge is 0.315 e. The van der Waals surface area contributed by atoms with E-state index < -0.39 is 0 Å². The molecule has 0 radical (unpaired) electrons. The van der Waals surface area contributed by atoms with Gasteiger partial charge >= 0.3 is 0 Å². The molecule has 3 nitrogen and oxygen atoms in total. The monoisotopic (exact) mass is 253 g/mol. The highest BCUT2D eigenvalue weighted by Gasteiger charge is 2.29. The summed E-state index contributed by atoms with van der Waals surface area (Å²) in [4.78, 5) is 5.32. The van der Waals surface area contributed by atoms with Crippen LogP contribution in [0.4, 0.5) is 0 Å². The quantitative estimate of drug-likeness (QED) is 0.827. The smallest absolute Gasteiger partial charge is 0.0226 e. The molecule has 0 aromatic rings. The molecule has 106 valence electrons. The molecule has 0 bridgehead atoms. The van der Waals surface area contributed by atoms with Gasteiger partial charge in [0.25, 0.3) is 0 Å². The molecule has 0 amide bonds. The Morgan fingerprint density at radius 2 is 1.89 bits per heavy atom. The van der Waals surface area contributed by atoms with E-state index in [1.165, 1.54) is 58.4 Å². The fraction of sp³-hybridized carbons (Fsp3) is 1.00. The van der Waals surface area contributed by atoms with Crippen LogP contribution in [-0.2, 0) is 0 Å². The van der Waals surface area contributed by atoms with Crippen molar-refractivity contribution in [2.45, 2.75) is 51.6 Å². The lowest BCUT2D eigenvalue weighted by atomic mass is 9.97. The van der Waals surface area contributed by atoms with Crippen molar-refractivity contribution in [1.29, 1.82) is 0 Å². The zero-order chi connectivity index (χ0) is 13.0. The highest BCUT2D eigenvalue weighted by atomic mass is 15.2. The number of nitrogens with zero attached hydrogens (tertiary/aromatic N) is 2. The van der Waals surface area contributed by atoms with Gasteiger partial charge in [-0.3, -0.25) is 4.90 Å². The Hall–Kier alpha value is -0.120. The Morgan fingerprint density at radius 1 is 1.17 bits per heavy atom. The molecular weight excluding hydrogens is 222 g/mol. The SMILES string of the molecule is CC(C)CC1CNCCCN1C1CCN(C)CC1. The molecule has 2 aliphatic heterocycles. The third kappa shape index (κ3) is 3.94. The molecule has 0 aromatic heterocycles. The Kier molecular flexibility index (Phi) is 5.46. The lowest BCUT2D eigenvalue weighted by Gasteiger charge is -2.41. The van der Waals surface area contributed by atoms with E-state index in [0.29, 0.717) is 0 Å². The second-order valence-corrected chi connectivity index (χ2v) is 6.61. The maximum atomic E-state index is 3.63. The van der Waals surface area contributed by atoms with Gasteiger partial charge in [0.2, 0.25) is 0 Å². The first kappa shape index (κ1) is 14.3. The number of nitrogens with one attached hydrogen (secondary N) is 1. The van der Waals surface area contributed by atoms with Gasteiger partial charge in [-0.2, -0.15) is 0 Å². The van der Waals surface area contributed by atoms with E-state index in [0.717, 1.165) is 18.0 Å². The van der Waals surface area contributed by atoms with Gasteiger partial charge in [0, 0.05) is 18.6 Å². The minimum Gasteiger partial charge on any atom is -0.315 e. The minimum absolute atomic E-state index is 0.765. The number of hydrogen-bond donors (Lipinski definition) is 1. The van der Waals surface area contributed by atoms with Crippen molar-refractivity contribution < 1.29 is 0 Å². The van der Waals surface area contributed by atoms with Gasteiger partial charge in [-0.1, -0.05) is 13.8 Å². The zero-order valence-electron chi connectivity index (χ0n) is 12.5. The summed E-state index contributed by atoms with van der Waals surface area (Å²) in [7, 11) is 2.26. The first-order chi connectivity index (χ1) is 8.66. The number of rotatable bonds is 3. The van der Waals surface area contributed by atoms with Gasteiger partial charge in [-0.25, -0.2) is 0 Å². The van der Waals surface area contributed by atoms with Crippen molar-refractivity contribution in [3.8, 4) is 0 Å². The second kappa shape index (κ2) is 6.88. The van der Waals surface area contributed by atoms with Crippen LogP contribution < -0.4 is 5.32 Å². The van der Waals surface area contributed by atoms with E-state index in [1.54, 1.807) is 0 Å². The highest BCUT2D eigenvalue weighted by molar-refractivity contribution is 4.86. The maximum Gasteiger partial charge on any atom is 0.0226 e. The Balaban J connectivity index is 1.96. The Morgan fingerprint density at radius 3 is 2.56 bits per heavy atom. The summed E-state index contributed by atoms with van der Waals surface area (Å²) in [5, 5.41) is 3.63. The fourth-order valence-electron chi connectivity index (χ4n) is 3.53. The highest BCUT2D eigenvalue weighted by Crippen LogP contribution is 2.22. The molecule has 1 N–H and O–H groups in total. The summed E-state index contributed by atoms with van der Waals surface area (Å²) in [5.74, 6) is 0.809. The van der Waals surface area contributed by atoms with Gasteiger partial charge in [-0.05, 0) is 64.8 Å². The molecule has 1 atom stereocenters. The predicted octanol–water partition coefficient (Wildman–Crippen LogP) is 1.79. The minimum atomic E-state index is 0.765. The van der Waals surface area contributed by atoms with Crippen LogP contribution in [0, 0.1) is 5.92 Å². The maximum absolute atomic E-state index is 3.63. The van der Waals surface area contributed by atoms with Crippen molar-refractivity contribution in [3.63, 3.8) is 0 Å². The van der Waals surface area contributed by atoms with E-state index >= 15 is 0 Å². The van der Waals surface area contributed by atoms with E-state index in [1.807, 2.05) is 0 Å². The van der Waals surface area contributed by atoms with Crippen LogP contribution in [0.5, 0.6) is 0 Å². The summed E-state index contributed by atoms with van der Waals surface area (Å²) < 4.78 is 0. The number of hydrogen-bond acceptors (Lipinski definition) is 3. The molecule has 0 aromatic carbocycles. The van der Waals surface area contributed by atoms with E-state index in [4.69, 9.17) is 0 Å². The first-order valence-electron chi connectivity index (χ1n) is 7.82. The second-order valence-electron chi connectivity index (χ2n) is 6.61. The molecule has 2 aliphatic rings. The van der Waals surface area contributed by atoms with Crippen LogP contribution in [0.1, 0.15) is 39.5 Å². The first-order valence-corrected chi connectivity index (χ1v) is 7.82. The Bertz CT molecular complexity index is 234. The van der Waals surface area contributed by atoms with Crippen molar-refractivity contribution >= 4 is 0 Å². The molecular formula is C15H31N3. The van der Waals surface area contributed by atoms with E-state index in [2.05, 4.69) is 36.0 Å². The van der Waals surface area contributed by atoms with Gasteiger partial charge in [0.15, 0.2) is 0 Å². The summed E-state index contributed by atoms with van der Waals surface area (Å²) >= 11 is 0. The van der Waals surface area contributed by atoms with Crippen LogP contribution >= 0.6 is 0 Å². The number of likely N-dealkylation sites (tertiary alicyclic amines) is 1. The van der Waals surface area contributed by atoms with Gasteiger partial charge in [-0.15, -0.1) is 0 Å². The summed E-state index contributed by atoms with van der Waals surface area (Å²) in [5.41, 5.74) is 0. The molecule has 3 heteroatoms. The molecule has 2 heterocycles. The standard InChI is InChI=1S/C15H31N3/c1-13(2)11-15-12-16-7-4-8-18(15)14-5-9-17(3)10-6-14/h13-16H,4-12H2,1-3H3. The zero-order valence-corrected chi connectivity index (χ0v) is 12.5. The van der Waals surface area contributed by atoms with Crippen LogP contribution in [0.2, 0.25) is 0 Å². The Labute approximate surface area is 113 Å². The summed E-state index contributed by atoms with van der Waals surface area (Å²) in [6.45, 7) is 11.0. The molecule has 1 unspecified atom stereocenters.